The molecule has 0 bridgehead atoms. The quantitative estimate of drug-likeness (QED) is 0.137. The fourth-order valence-corrected chi connectivity index (χ4v) is 7.67. The number of rotatable bonds is 10. The second kappa shape index (κ2) is 13.1. The smallest absolute Gasteiger partial charge is 0.278 e. The van der Waals surface area contributed by atoms with E-state index in [9.17, 15) is 9.18 Å². The van der Waals surface area contributed by atoms with Gasteiger partial charge in [0.2, 0.25) is 0 Å². The van der Waals surface area contributed by atoms with Crippen molar-refractivity contribution in [3.05, 3.63) is 123 Å². The Morgan fingerprint density at radius 1 is 1.06 bits per heavy atom. The summed E-state index contributed by atoms with van der Waals surface area (Å²) in [7, 11) is 0. The average molecular weight is 722 g/mol. The third-order valence-electron chi connectivity index (χ3n) is 9.02. The van der Waals surface area contributed by atoms with Crippen molar-refractivity contribution < 1.29 is 23.4 Å². The van der Waals surface area contributed by atoms with Crippen molar-refractivity contribution in [3.63, 3.8) is 0 Å². The van der Waals surface area contributed by atoms with Gasteiger partial charge in [0.1, 0.15) is 11.6 Å². The number of H-pyrrole nitrogens is 1. The summed E-state index contributed by atoms with van der Waals surface area (Å²) < 4.78 is 35.4. The molecule has 0 saturated carbocycles. The first-order valence-electron chi connectivity index (χ1n) is 16.6. The summed E-state index contributed by atoms with van der Waals surface area (Å²) in [5.74, 6) is -0.0749. The van der Waals surface area contributed by atoms with E-state index in [0.717, 1.165) is 48.8 Å². The molecule has 1 aliphatic rings. The minimum absolute atomic E-state index is 0.209. The number of aryl methyl sites for hydroxylation is 1. The normalized spacial score (nSPS) is 15.2. The number of carbonyl (C=O) groups excluding carboxylic acids is 1. The van der Waals surface area contributed by atoms with Crippen molar-refractivity contribution in [1.82, 2.24) is 19.7 Å². The van der Waals surface area contributed by atoms with E-state index in [2.05, 4.69) is 32.2 Å². The number of thiophene rings is 1. The van der Waals surface area contributed by atoms with Gasteiger partial charge in [0, 0.05) is 69.2 Å². The number of nitrogens with zero attached hydrogens (tertiary/aromatic N) is 3. The van der Waals surface area contributed by atoms with E-state index in [0.29, 0.717) is 54.0 Å². The van der Waals surface area contributed by atoms with Crippen LogP contribution in [0.25, 0.3) is 32.4 Å². The number of aromatic amines is 1. The van der Waals surface area contributed by atoms with Crippen molar-refractivity contribution in [2.45, 2.75) is 39.5 Å². The molecule has 7 aromatic rings. The molecular formula is C39H33ClFN5O4S. The topological polar surface area (TPSA) is 103 Å². The third-order valence-corrected chi connectivity index (χ3v) is 10.4. The van der Waals surface area contributed by atoms with E-state index in [-0.39, 0.29) is 11.5 Å². The first-order valence-corrected chi connectivity index (χ1v) is 17.8. The fraction of sp³-hybridized carbons (Fsp3) is 0.205. The molecular weight excluding hydrogens is 689 g/mol. The summed E-state index contributed by atoms with van der Waals surface area (Å²) in [4.78, 5) is 20.3. The molecule has 1 atom stereocenters. The van der Waals surface area contributed by atoms with Gasteiger partial charge >= 0.3 is 0 Å². The summed E-state index contributed by atoms with van der Waals surface area (Å²) >= 11 is 7.63. The lowest BCUT2D eigenvalue weighted by Crippen LogP contribution is -2.32. The number of aromatic nitrogens is 4. The summed E-state index contributed by atoms with van der Waals surface area (Å²) in [6.45, 7) is 7.40. The Hall–Kier alpha value is -5.23. The Labute approximate surface area is 301 Å². The second-order valence-corrected chi connectivity index (χ2v) is 14.1. The largest absolute Gasteiger partial charge is 0.444 e. The molecule has 0 fully saturated rings. The number of imidazole rings is 1. The first kappa shape index (κ1) is 32.9. The van der Waals surface area contributed by atoms with E-state index in [1.807, 2.05) is 62.4 Å². The molecule has 1 aliphatic heterocycles. The number of halogens is 2. The molecule has 12 heteroatoms. The van der Waals surface area contributed by atoms with Crippen LogP contribution in [0.15, 0.2) is 84.9 Å². The van der Waals surface area contributed by atoms with E-state index >= 15 is 0 Å². The Kier molecular flexibility index (Phi) is 8.49. The van der Waals surface area contributed by atoms with Crippen LogP contribution in [-0.2, 0) is 23.5 Å². The van der Waals surface area contributed by atoms with Gasteiger partial charge in [0.25, 0.3) is 11.7 Å². The van der Waals surface area contributed by atoms with Crippen LogP contribution in [0, 0.1) is 12.7 Å². The molecule has 3 aromatic heterocycles. The molecule has 258 valence electrons. The Bertz CT molecular complexity index is 2460. The van der Waals surface area contributed by atoms with Crippen molar-refractivity contribution in [1.29, 1.82) is 0 Å². The molecule has 2 N–H and O–H groups in total. The Morgan fingerprint density at radius 2 is 1.94 bits per heavy atom. The monoisotopic (exact) mass is 721 g/mol. The lowest BCUT2D eigenvalue weighted by molar-refractivity contribution is -0.0705. The number of amides is 1. The molecule has 4 aromatic carbocycles. The third kappa shape index (κ3) is 6.22. The van der Waals surface area contributed by atoms with Crippen LogP contribution < -0.4 is 14.8 Å². The zero-order chi connectivity index (χ0) is 35.3. The highest BCUT2D eigenvalue weighted by molar-refractivity contribution is 7.15. The Balaban J connectivity index is 1.05. The lowest BCUT2D eigenvalue weighted by atomic mass is 10.1. The minimum Gasteiger partial charge on any atom is -0.444 e. The minimum atomic E-state index is -1.34. The summed E-state index contributed by atoms with van der Waals surface area (Å²) in [5.41, 5.74) is 5.78. The number of nitrogens with one attached hydrogen (secondary N) is 2. The number of anilines is 1. The number of fused-ring (bicyclic) bond motifs is 3. The molecule has 1 unspecified atom stereocenters. The number of hydrogen-bond acceptors (Lipinski definition) is 7. The van der Waals surface area contributed by atoms with Gasteiger partial charge in [-0.05, 0) is 92.7 Å². The summed E-state index contributed by atoms with van der Waals surface area (Å²) in [5, 5.41) is 11.5. The van der Waals surface area contributed by atoms with Crippen molar-refractivity contribution >= 4 is 56.5 Å². The van der Waals surface area contributed by atoms with Crippen LogP contribution in [0.3, 0.4) is 0 Å². The van der Waals surface area contributed by atoms with Crippen molar-refractivity contribution in [3.8, 4) is 21.9 Å². The number of ether oxygens (including phenoxy) is 3. The van der Waals surface area contributed by atoms with Gasteiger partial charge < -0.3 is 24.1 Å². The van der Waals surface area contributed by atoms with Gasteiger partial charge in [-0.15, -0.1) is 11.3 Å². The number of carbonyl (C=O) groups is 1. The van der Waals surface area contributed by atoms with Crippen LogP contribution in [0.5, 0.6) is 11.5 Å². The predicted molar refractivity (Wildman–Crippen MR) is 198 cm³/mol. The van der Waals surface area contributed by atoms with Crippen LogP contribution in [0.2, 0.25) is 5.02 Å². The summed E-state index contributed by atoms with van der Waals surface area (Å²) in [6, 6.07) is 25.6. The molecule has 9 nitrogen and oxygen atoms in total. The zero-order valence-corrected chi connectivity index (χ0v) is 29.6. The standard InChI is InChI=1S/C39H33ClFN5O4S/c1-4-48-17-16-46-33-14-10-25(42-38(47)23-8-13-31-28(18-23)22(2)44-45-31)20-32(33)43-36(46)21-26-11-15-35(51-26)27-6-5-7-34-37(27)50-39(3,49-34)29-12-9-24(40)19-30(29)41/h5-15,18-20H,4,16-17,21H2,1-3H3,(H,42,47)(H,44,45). The number of para-hydroxylation sites is 1. The number of hydrogen-bond donors (Lipinski definition) is 2. The van der Waals surface area contributed by atoms with Crippen LogP contribution in [0.1, 0.15) is 46.2 Å². The number of benzene rings is 4. The highest BCUT2D eigenvalue weighted by Gasteiger charge is 2.42. The van der Waals surface area contributed by atoms with Gasteiger partial charge in [-0.1, -0.05) is 17.7 Å². The van der Waals surface area contributed by atoms with E-state index in [1.165, 1.54) is 6.07 Å². The fourth-order valence-electron chi connectivity index (χ4n) is 6.49. The second-order valence-electron chi connectivity index (χ2n) is 12.5. The molecule has 51 heavy (non-hydrogen) atoms. The van der Waals surface area contributed by atoms with Gasteiger partial charge in [0.05, 0.1) is 28.7 Å². The molecule has 0 saturated heterocycles. The van der Waals surface area contributed by atoms with E-state index in [1.54, 1.807) is 36.5 Å². The maximum absolute atomic E-state index is 14.9. The SMILES string of the molecule is CCOCCn1c(Cc2ccc(-c3cccc4c3OC(C)(c3ccc(Cl)cc3F)O4)s2)nc2cc(NC(=O)c3ccc4n[nH]c(C)c4c3)ccc21. The summed E-state index contributed by atoms with van der Waals surface area (Å²) in [6.07, 6.45) is 0.581. The first-order chi connectivity index (χ1) is 24.7. The van der Waals surface area contributed by atoms with Crippen molar-refractivity contribution in [2.24, 2.45) is 0 Å². The lowest BCUT2D eigenvalue weighted by Gasteiger charge is -2.24. The molecule has 0 radical (unpaired) electrons. The molecule has 4 heterocycles. The zero-order valence-electron chi connectivity index (χ0n) is 28.1. The Morgan fingerprint density at radius 3 is 2.78 bits per heavy atom. The van der Waals surface area contributed by atoms with E-state index in [4.69, 9.17) is 30.8 Å². The predicted octanol–water partition coefficient (Wildman–Crippen LogP) is 9.27. The average Bonchev–Trinajstić information content (AvgIpc) is 3.89. The highest BCUT2D eigenvalue weighted by Crippen LogP contribution is 2.50. The maximum atomic E-state index is 14.9. The van der Waals surface area contributed by atoms with Crippen LogP contribution in [-0.4, -0.2) is 38.9 Å². The molecule has 0 aliphatic carbocycles. The van der Waals surface area contributed by atoms with Gasteiger partial charge in [-0.2, -0.15) is 5.10 Å². The van der Waals surface area contributed by atoms with Crippen LogP contribution in [0.4, 0.5) is 10.1 Å². The van der Waals surface area contributed by atoms with Gasteiger partial charge in [-0.25, -0.2) is 9.37 Å². The maximum Gasteiger partial charge on any atom is 0.278 e. The highest BCUT2D eigenvalue weighted by atomic mass is 35.5. The molecule has 1 amide bonds. The van der Waals surface area contributed by atoms with E-state index < -0.39 is 11.6 Å². The molecule has 0 spiro atoms. The van der Waals surface area contributed by atoms with Crippen molar-refractivity contribution in [2.75, 3.05) is 18.5 Å². The van der Waals surface area contributed by atoms with Crippen LogP contribution >= 0.6 is 22.9 Å². The van der Waals surface area contributed by atoms with Gasteiger partial charge in [0.15, 0.2) is 11.5 Å². The van der Waals surface area contributed by atoms with Gasteiger partial charge in [-0.3, -0.25) is 9.89 Å². The molecule has 8 rings (SSSR count).